The van der Waals surface area contributed by atoms with Crippen LogP contribution in [0.4, 0.5) is 0 Å². The predicted octanol–water partition coefficient (Wildman–Crippen LogP) is 2.12. The van der Waals surface area contributed by atoms with Gasteiger partial charge in [0.2, 0.25) is 0 Å². The van der Waals surface area contributed by atoms with E-state index in [0.717, 1.165) is 5.56 Å². The Morgan fingerprint density at radius 2 is 2.00 bits per heavy atom. The summed E-state index contributed by atoms with van der Waals surface area (Å²) in [6.45, 7) is 2.38. The standard InChI is InChI=1S/C14H19NO2/c1-14(13(16)17,10-15(2)12-8-9-12)11-6-4-3-5-7-11/h3-7,12H,8-10H2,1-2H3,(H,16,17). The second kappa shape index (κ2) is 4.49. The number of nitrogens with zero attached hydrogens (tertiary/aromatic N) is 1. The summed E-state index contributed by atoms with van der Waals surface area (Å²) in [7, 11) is 2.02. The topological polar surface area (TPSA) is 40.5 Å². The third-order valence-corrected chi connectivity index (χ3v) is 3.62. The molecular formula is C14H19NO2. The van der Waals surface area contributed by atoms with Crippen molar-refractivity contribution in [2.45, 2.75) is 31.2 Å². The average molecular weight is 233 g/mol. The Hall–Kier alpha value is -1.35. The molecule has 0 amide bonds. The highest BCUT2D eigenvalue weighted by Crippen LogP contribution is 2.31. The zero-order valence-corrected chi connectivity index (χ0v) is 10.4. The van der Waals surface area contributed by atoms with E-state index >= 15 is 0 Å². The SMILES string of the molecule is CN(CC(C)(C(=O)O)c1ccccc1)C1CC1. The maximum Gasteiger partial charge on any atom is 0.315 e. The quantitative estimate of drug-likeness (QED) is 0.847. The molecule has 0 saturated heterocycles. The van der Waals surface area contributed by atoms with Crippen LogP contribution in [0.5, 0.6) is 0 Å². The van der Waals surface area contributed by atoms with Gasteiger partial charge in [0.05, 0.1) is 0 Å². The summed E-state index contributed by atoms with van der Waals surface area (Å²) >= 11 is 0. The normalized spacial score (nSPS) is 19.0. The molecule has 1 aliphatic rings. The molecule has 1 aromatic rings. The van der Waals surface area contributed by atoms with Gasteiger partial charge in [-0.3, -0.25) is 4.79 Å². The van der Waals surface area contributed by atoms with E-state index in [1.54, 1.807) is 0 Å². The Morgan fingerprint density at radius 3 is 2.47 bits per heavy atom. The fourth-order valence-electron chi connectivity index (χ4n) is 2.23. The molecule has 1 aromatic carbocycles. The Labute approximate surface area is 102 Å². The van der Waals surface area contributed by atoms with Gasteiger partial charge in [-0.1, -0.05) is 30.3 Å². The molecule has 1 aliphatic carbocycles. The molecule has 1 atom stereocenters. The molecule has 1 saturated carbocycles. The van der Waals surface area contributed by atoms with Gasteiger partial charge < -0.3 is 10.0 Å². The Bertz CT molecular complexity index is 400. The molecule has 1 N–H and O–H groups in total. The highest BCUT2D eigenvalue weighted by molar-refractivity contribution is 5.81. The summed E-state index contributed by atoms with van der Waals surface area (Å²) < 4.78 is 0. The number of carboxylic acid groups (broad SMARTS) is 1. The highest BCUT2D eigenvalue weighted by atomic mass is 16.4. The number of benzene rings is 1. The van der Waals surface area contributed by atoms with Crippen molar-refractivity contribution in [2.75, 3.05) is 13.6 Å². The van der Waals surface area contributed by atoms with E-state index in [-0.39, 0.29) is 0 Å². The molecule has 1 unspecified atom stereocenters. The predicted molar refractivity (Wildman–Crippen MR) is 67.1 cm³/mol. The van der Waals surface area contributed by atoms with Gasteiger partial charge in [-0.15, -0.1) is 0 Å². The van der Waals surface area contributed by atoms with Gasteiger partial charge in [-0.2, -0.15) is 0 Å². The zero-order valence-electron chi connectivity index (χ0n) is 10.4. The lowest BCUT2D eigenvalue weighted by Crippen LogP contribution is -2.43. The van der Waals surface area contributed by atoms with E-state index in [9.17, 15) is 9.90 Å². The lowest BCUT2D eigenvalue weighted by molar-refractivity contribution is -0.143. The molecule has 3 nitrogen and oxygen atoms in total. The maximum absolute atomic E-state index is 11.6. The molecule has 0 spiro atoms. The number of hydrogen-bond acceptors (Lipinski definition) is 2. The molecule has 0 bridgehead atoms. The number of rotatable bonds is 5. The van der Waals surface area contributed by atoms with E-state index in [4.69, 9.17) is 0 Å². The van der Waals surface area contributed by atoms with Crippen molar-refractivity contribution in [1.29, 1.82) is 0 Å². The van der Waals surface area contributed by atoms with E-state index < -0.39 is 11.4 Å². The van der Waals surface area contributed by atoms with Crippen LogP contribution in [0.25, 0.3) is 0 Å². The first kappa shape index (κ1) is 12.1. The third-order valence-electron chi connectivity index (χ3n) is 3.62. The fourth-order valence-corrected chi connectivity index (χ4v) is 2.23. The second-order valence-electron chi connectivity index (χ2n) is 5.15. The van der Waals surface area contributed by atoms with Crippen LogP contribution >= 0.6 is 0 Å². The fraction of sp³-hybridized carbons (Fsp3) is 0.500. The van der Waals surface area contributed by atoms with Crippen molar-refractivity contribution >= 4 is 5.97 Å². The van der Waals surface area contributed by atoms with E-state index in [0.29, 0.717) is 12.6 Å². The molecule has 1 fully saturated rings. The van der Waals surface area contributed by atoms with Gasteiger partial charge >= 0.3 is 5.97 Å². The van der Waals surface area contributed by atoms with Crippen molar-refractivity contribution < 1.29 is 9.90 Å². The Balaban J connectivity index is 2.22. The number of carbonyl (C=O) groups is 1. The maximum atomic E-state index is 11.6. The van der Waals surface area contributed by atoms with Gasteiger partial charge in [-0.05, 0) is 32.4 Å². The largest absolute Gasteiger partial charge is 0.481 e. The van der Waals surface area contributed by atoms with Crippen LogP contribution in [0.15, 0.2) is 30.3 Å². The summed E-state index contributed by atoms with van der Waals surface area (Å²) in [6, 6.07) is 10.1. The number of hydrogen-bond donors (Lipinski definition) is 1. The van der Waals surface area contributed by atoms with E-state index in [1.807, 2.05) is 44.3 Å². The van der Waals surface area contributed by atoms with Gasteiger partial charge in [0, 0.05) is 12.6 Å². The van der Waals surface area contributed by atoms with Crippen molar-refractivity contribution in [3.8, 4) is 0 Å². The first-order valence-electron chi connectivity index (χ1n) is 6.03. The van der Waals surface area contributed by atoms with E-state index in [1.165, 1.54) is 12.8 Å². The van der Waals surface area contributed by atoms with Crippen LogP contribution in [-0.2, 0) is 10.2 Å². The number of carboxylic acids is 1. The van der Waals surface area contributed by atoms with Crippen LogP contribution in [-0.4, -0.2) is 35.6 Å². The lowest BCUT2D eigenvalue weighted by Gasteiger charge is -2.30. The van der Waals surface area contributed by atoms with Gasteiger partial charge in [0.15, 0.2) is 0 Å². The second-order valence-corrected chi connectivity index (χ2v) is 5.15. The van der Waals surface area contributed by atoms with Gasteiger partial charge in [0.1, 0.15) is 5.41 Å². The summed E-state index contributed by atoms with van der Waals surface area (Å²) in [6.07, 6.45) is 2.39. The smallest absolute Gasteiger partial charge is 0.315 e. The minimum Gasteiger partial charge on any atom is -0.481 e. The minimum absolute atomic E-state index is 0.566. The van der Waals surface area contributed by atoms with Crippen LogP contribution in [0.2, 0.25) is 0 Å². The van der Waals surface area contributed by atoms with Crippen molar-refractivity contribution in [2.24, 2.45) is 0 Å². The third kappa shape index (κ3) is 2.50. The van der Waals surface area contributed by atoms with E-state index in [2.05, 4.69) is 4.90 Å². The molecule has 0 aromatic heterocycles. The minimum atomic E-state index is -0.821. The number of likely N-dealkylation sites (N-methyl/N-ethyl adjacent to an activating group) is 1. The van der Waals surface area contributed by atoms with Crippen LogP contribution < -0.4 is 0 Å². The molecule has 17 heavy (non-hydrogen) atoms. The monoisotopic (exact) mass is 233 g/mol. The molecule has 0 radical (unpaired) electrons. The summed E-state index contributed by atoms with van der Waals surface area (Å²) in [5.74, 6) is -0.754. The Morgan fingerprint density at radius 1 is 1.41 bits per heavy atom. The summed E-state index contributed by atoms with van der Waals surface area (Å²) in [5.41, 5.74) is 0.0542. The molecular weight excluding hydrogens is 214 g/mol. The summed E-state index contributed by atoms with van der Waals surface area (Å²) in [5, 5.41) is 9.51. The molecule has 92 valence electrons. The van der Waals surface area contributed by atoms with Crippen LogP contribution in [0.1, 0.15) is 25.3 Å². The summed E-state index contributed by atoms with van der Waals surface area (Å²) in [4.78, 5) is 13.7. The van der Waals surface area contributed by atoms with Crippen molar-refractivity contribution in [3.05, 3.63) is 35.9 Å². The highest BCUT2D eigenvalue weighted by Gasteiger charge is 2.39. The zero-order chi connectivity index (χ0) is 12.5. The molecule has 0 aliphatic heterocycles. The Kier molecular flexibility index (Phi) is 3.20. The van der Waals surface area contributed by atoms with Crippen LogP contribution in [0, 0.1) is 0 Å². The number of aliphatic carboxylic acids is 1. The van der Waals surface area contributed by atoms with Gasteiger partial charge in [0.25, 0.3) is 0 Å². The van der Waals surface area contributed by atoms with Gasteiger partial charge in [-0.25, -0.2) is 0 Å². The average Bonchev–Trinajstić information content (AvgIpc) is 3.13. The lowest BCUT2D eigenvalue weighted by atomic mass is 9.82. The first-order valence-corrected chi connectivity index (χ1v) is 6.03. The van der Waals surface area contributed by atoms with Crippen molar-refractivity contribution in [1.82, 2.24) is 4.90 Å². The molecule has 0 heterocycles. The van der Waals surface area contributed by atoms with Crippen molar-refractivity contribution in [3.63, 3.8) is 0 Å². The molecule has 3 heteroatoms. The molecule has 2 rings (SSSR count). The van der Waals surface area contributed by atoms with Crippen LogP contribution in [0.3, 0.4) is 0 Å². The first-order chi connectivity index (χ1) is 8.04.